The van der Waals surface area contributed by atoms with Crippen molar-refractivity contribution in [3.05, 3.63) is 64.7 Å². The summed E-state index contributed by atoms with van der Waals surface area (Å²) in [6, 6.07) is 12.3. The van der Waals surface area contributed by atoms with Crippen LogP contribution in [-0.4, -0.2) is 16.0 Å². The minimum absolute atomic E-state index is 0.290. The molecule has 0 N–H and O–H groups in total. The summed E-state index contributed by atoms with van der Waals surface area (Å²) in [5.41, 5.74) is 0. The van der Waals surface area contributed by atoms with Crippen molar-refractivity contribution in [2.45, 2.75) is 25.4 Å². The molecule has 0 saturated heterocycles. The van der Waals surface area contributed by atoms with Gasteiger partial charge in [0, 0.05) is 23.2 Å². The first-order chi connectivity index (χ1) is 11.8. The largest absolute Gasteiger partial charge is 0.439 e. The van der Waals surface area contributed by atoms with E-state index in [1.807, 2.05) is 0 Å². The van der Waals surface area contributed by atoms with Crippen molar-refractivity contribution < 1.29 is 9.13 Å². The summed E-state index contributed by atoms with van der Waals surface area (Å²) in [6.07, 6.45) is 4.03. The van der Waals surface area contributed by atoms with Crippen LogP contribution in [0.5, 0.6) is 11.6 Å². The Morgan fingerprint density at radius 1 is 1.17 bits per heavy atom. The van der Waals surface area contributed by atoms with Crippen molar-refractivity contribution in [3.63, 3.8) is 0 Å². The van der Waals surface area contributed by atoms with E-state index in [4.69, 9.17) is 4.74 Å². The highest BCUT2D eigenvalue weighted by atomic mass is 32.1. The van der Waals surface area contributed by atoms with Gasteiger partial charge in [0.05, 0.1) is 6.54 Å². The Morgan fingerprint density at radius 2 is 2.00 bits per heavy atom. The zero-order chi connectivity index (χ0) is 16.4. The molecule has 0 unspecified atom stereocenters. The number of thiophene rings is 1. The van der Waals surface area contributed by atoms with Crippen molar-refractivity contribution in [3.8, 4) is 11.6 Å². The zero-order valence-corrected chi connectivity index (χ0v) is 13.7. The topological polar surface area (TPSA) is 38.2 Å². The highest BCUT2D eigenvalue weighted by Gasteiger charge is 2.31. The van der Waals surface area contributed by atoms with Crippen LogP contribution in [0.3, 0.4) is 0 Å². The van der Waals surface area contributed by atoms with E-state index in [2.05, 4.69) is 32.4 Å². The second-order valence-electron chi connectivity index (χ2n) is 5.69. The van der Waals surface area contributed by atoms with Crippen LogP contribution < -0.4 is 9.64 Å². The average Bonchev–Trinajstić information content (AvgIpc) is 3.31. The molecule has 1 aliphatic rings. The third kappa shape index (κ3) is 3.54. The lowest BCUT2D eigenvalue weighted by Crippen LogP contribution is -2.26. The normalized spacial score (nSPS) is 13.7. The maximum Gasteiger partial charge on any atom is 0.229 e. The number of halogens is 1. The van der Waals surface area contributed by atoms with Crippen LogP contribution in [-0.2, 0) is 6.54 Å². The second kappa shape index (κ2) is 6.57. The first kappa shape index (κ1) is 15.1. The molecule has 1 aromatic carbocycles. The monoisotopic (exact) mass is 341 g/mol. The van der Waals surface area contributed by atoms with Gasteiger partial charge in [0.15, 0.2) is 0 Å². The lowest BCUT2D eigenvalue weighted by molar-refractivity contribution is 0.459. The first-order valence-corrected chi connectivity index (χ1v) is 8.71. The molecule has 2 aromatic heterocycles. The number of ether oxygens (including phenoxy) is 1. The number of anilines is 1. The minimum Gasteiger partial charge on any atom is -0.439 e. The molecule has 0 bridgehead atoms. The van der Waals surface area contributed by atoms with Gasteiger partial charge in [-0.2, -0.15) is 4.98 Å². The Bertz CT molecular complexity index is 803. The fourth-order valence-electron chi connectivity index (χ4n) is 2.47. The first-order valence-electron chi connectivity index (χ1n) is 7.83. The summed E-state index contributed by atoms with van der Waals surface area (Å²) in [5.74, 6) is 1.40. The van der Waals surface area contributed by atoms with E-state index in [0.29, 0.717) is 23.6 Å². The molecule has 6 heteroatoms. The maximum absolute atomic E-state index is 13.0. The van der Waals surface area contributed by atoms with E-state index in [1.165, 1.54) is 17.0 Å². The minimum atomic E-state index is -0.290. The van der Waals surface area contributed by atoms with Gasteiger partial charge in [-0.1, -0.05) is 6.07 Å². The predicted octanol–water partition coefficient (Wildman–Crippen LogP) is 4.64. The number of rotatable bonds is 6. The molecule has 4 nitrogen and oxygen atoms in total. The van der Waals surface area contributed by atoms with Crippen LogP contribution in [0.15, 0.2) is 54.0 Å². The molecule has 1 saturated carbocycles. The SMILES string of the molecule is Fc1ccc(Oc2ccnc(N(Cc3cccs3)C3CC3)n2)cc1. The molecule has 122 valence electrons. The van der Waals surface area contributed by atoms with E-state index in [1.54, 1.807) is 35.7 Å². The Morgan fingerprint density at radius 3 is 2.71 bits per heavy atom. The molecule has 1 aliphatic carbocycles. The number of hydrogen-bond acceptors (Lipinski definition) is 5. The molecule has 2 heterocycles. The number of aromatic nitrogens is 2. The number of hydrogen-bond donors (Lipinski definition) is 0. The molecule has 0 aliphatic heterocycles. The molecule has 3 aromatic rings. The standard InChI is InChI=1S/C18H16FN3OS/c19-13-3-7-15(8-4-13)23-17-9-10-20-18(21-17)22(14-5-6-14)12-16-2-1-11-24-16/h1-4,7-11,14H,5-6,12H2. The Kier molecular flexibility index (Phi) is 4.13. The second-order valence-corrected chi connectivity index (χ2v) is 6.72. The molecule has 0 spiro atoms. The van der Waals surface area contributed by atoms with Crippen LogP contribution in [0.25, 0.3) is 0 Å². The summed E-state index contributed by atoms with van der Waals surface area (Å²) < 4.78 is 18.7. The number of benzene rings is 1. The maximum atomic E-state index is 13.0. The van der Waals surface area contributed by atoms with Crippen LogP contribution in [0.1, 0.15) is 17.7 Å². The fraction of sp³-hybridized carbons (Fsp3) is 0.222. The highest BCUT2D eigenvalue weighted by Crippen LogP contribution is 2.32. The van der Waals surface area contributed by atoms with Crippen molar-refractivity contribution in [2.24, 2.45) is 0 Å². The fourth-order valence-corrected chi connectivity index (χ4v) is 3.17. The smallest absolute Gasteiger partial charge is 0.229 e. The Labute approximate surface area is 143 Å². The molecule has 24 heavy (non-hydrogen) atoms. The van der Waals surface area contributed by atoms with E-state index in [-0.39, 0.29) is 5.82 Å². The van der Waals surface area contributed by atoms with E-state index in [9.17, 15) is 4.39 Å². The molecule has 1 fully saturated rings. The molecule has 0 radical (unpaired) electrons. The van der Waals surface area contributed by atoms with Gasteiger partial charge in [-0.05, 0) is 48.6 Å². The van der Waals surface area contributed by atoms with Crippen molar-refractivity contribution in [2.75, 3.05) is 4.90 Å². The van der Waals surface area contributed by atoms with Crippen LogP contribution >= 0.6 is 11.3 Å². The van der Waals surface area contributed by atoms with E-state index < -0.39 is 0 Å². The van der Waals surface area contributed by atoms with Gasteiger partial charge >= 0.3 is 0 Å². The molecule has 0 amide bonds. The van der Waals surface area contributed by atoms with Gasteiger partial charge in [0.2, 0.25) is 11.8 Å². The summed E-state index contributed by atoms with van der Waals surface area (Å²) >= 11 is 1.74. The number of nitrogens with zero attached hydrogens (tertiary/aromatic N) is 3. The molecule has 0 atom stereocenters. The van der Waals surface area contributed by atoms with E-state index >= 15 is 0 Å². The highest BCUT2D eigenvalue weighted by molar-refractivity contribution is 7.09. The van der Waals surface area contributed by atoms with Crippen molar-refractivity contribution in [1.82, 2.24) is 9.97 Å². The van der Waals surface area contributed by atoms with Crippen LogP contribution in [0.4, 0.5) is 10.3 Å². The summed E-state index contributed by atoms with van der Waals surface area (Å²) in [4.78, 5) is 12.5. The van der Waals surface area contributed by atoms with Gasteiger partial charge in [0.25, 0.3) is 0 Å². The van der Waals surface area contributed by atoms with Crippen LogP contribution in [0, 0.1) is 5.82 Å². The van der Waals surface area contributed by atoms with Gasteiger partial charge in [0.1, 0.15) is 11.6 Å². The summed E-state index contributed by atoms with van der Waals surface area (Å²) in [5, 5.41) is 2.08. The van der Waals surface area contributed by atoms with Gasteiger partial charge in [-0.25, -0.2) is 9.37 Å². The predicted molar refractivity (Wildman–Crippen MR) is 92.0 cm³/mol. The average molecular weight is 341 g/mol. The lowest BCUT2D eigenvalue weighted by atomic mass is 10.3. The van der Waals surface area contributed by atoms with Gasteiger partial charge < -0.3 is 9.64 Å². The molecular formula is C18H16FN3OS. The summed E-state index contributed by atoms with van der Waals surface area (Å²) in [6.45, 7) is 0.808. The van der Waals surface area contributed by atoms with E-state index in [0.717, 1.165) is 19.4 Å². The molecular weight excluding hydrogens is 325 g/mol. The third-order valence-electron chi connectivity index (χ3n) is 3.80. The van der Waals surface area contributed by atoms with Crippen LogP contribution in [0.2, 0.25) is 0 Å². The van der Waals surface area contributed by atoms with Crippen molar-refractivity contribution in [1.29, 1.82) is 0 Å². The van der Waals surface area contributed by atoms with Crippen molar-refractivity contribution >= 4 is 17.3 Å². The van der Waals surface area contributed by atoms with Gasteiger partial charge in [-0.15, -0.1) is 11.3 Å². The summed E-state index contributed by atoms with van der Waals surface area (Å²) in [7, 11) is 0. The molecule has 4 rings (SSSR count). The Hall–Kier alpha value is -2.47. The quantitative estimate of drug-likeness (QED) is 0.655. The lowest BCUT2D eigenvalue weighted by Gasteiger charge is -2.21. The zero-order valence-electron chi connectivity index (χ0n) is 12.9. The Balaban J connectivity index is 1.55. The van der Waals surface area contributed by atoms with Gasteiger partial charge in [-0.3, -0.25) is 0 Å². The third-order valence-corrected chi connectivity index (χ3v) is 4.67.